The molecule has 2 fully saturated rings. The highest BCUT2D eigenvalue weighted by atomic mass is 16.5. The zero-order valence-electron chi connectivity index (χ0n) is 13.3. The average molecular weight is 311 g/mol. The van der Waals surface area contributed by atoms with Gasteiger partial charge in [0.25, 0.3) is 0 Å². The number of fused-ring (bicyclic) bond motifs is 1. The SMILES string of the molecule is COc1cc(N2CC[C@H]3[C@H]2CCN3Cc2cccnc2)ncn1. The number of methoxy groups -OCH3 is 1. The summed E-state index contributed by atoms with van der Waals surface area (Å²) in [4.78, 5) is 17.8. The summed E-state index contributed by atoms with van der Waals surface area (Å²) in [7, 11) is 1.64. The number of rotatable bonds is 4. The second-order valence-electron chi connectivity index (χ2n) is 6.16. The molecule has 2 atom stereocenters. The minimum absolute atomic E-state index is 0.534. The molecule has 2 aliphatic rings. The molecule has 120 valence electrons. The lowest BCUT2D eigenvalue weighted by molar-refractivity contribution is 0.245. The summed E-state index contributed by atoms with van der Waals surface area (Å²) in [6, 6.07) is 7.23. The number of hydrogen-bond donors (Lipinski definition) is 0. The van der Waals surface area contributed by atoms with Gasteiger partial charge in [-0.1, -0.05) is 6.07 Å². The fourth-order valence-corrected chi connectivity index (χ4v) is 3.88. The molecule has 0 amide bonds. The molecular formula is C17H21N5O. The summed E-state index contributed by atoms with van der Waals surface area (Å²) in [6.07, 6.45) is 7.74. The largest absolute Gasteiger partial charge is 0.481 e. The molecule has 6 heteroatoms. The quantitative estimate of drug-likeness (QED) is 0.857. The van der Waals surface area contributed by atoms with Crippen molar-refractivity contribution in [3.05, 3.63) is 42.5 Å². The molecule has 0 radical (unpaired) electrons. The zero-order chi connectivity index (χ0) is 15.6. The molecule has 2 aromatic rings. The van der Waals surface area contributed by atoms with E-state index in [-0.39, 0.29) is 0 Å². The number of anilines is 1. The summed E-state index contributed by atoms with van der Waals surface area (Å²) in [6.45, 7) is 3.15. The van der Waals surface area contributed by atoms with Gasteiger partial charge in [0.05, 0.1) is 7.11 Å². The van der Waals surface area contributed by atoms with Crippen LogP contribution in [0.1, 0.15) is 18.4 Å². The van der Waals surface area contributed by atoms with E-state index in [1.165, 1.54) is 18.4 Å². The molecule has 4 heterocycles. The first-order valence-corrected chi connectivity index (χ1v) is 8.11. The Morgan fingerprint density at radius 1 is 1.22 bits per heavy atom. The van der Waals surface area contributed by atoms with E-state index in [4.69, 9.17) is 4.74 Å². The van der Waals surface area contributed by atoms with Gasteiger partial charge < -0.3 is 9.64 Å². The van der Waals surface area contributed by atoms with Gasteiger partial charge in [0.2, 0.25) is 5.88 Å². The van der Waals surface area contributed by atoms with Crippen molar-refractivity contribution < 1.29 is 4.74 Å². The Hall–Kier alpha value is -2.21. The maximum absolute atomic E-state index is 5.23. The lowest BCUT2D eigenvalue weighted by Crippen LogP contribution is -2.36. The van der Waals surface area contributed by atoms with Crippen molar-refractivity contribution in [2.75, 3.05) is 25.1 Å². The van der Waals surface area contributed by atoms with Crippen molar-refractivity contribution in [2.24, 2.45) is 0 Å². The van der Waals surface area contributed by atoms with Crippen molar-refractivity contribution >= 4 is 5.82 Å². The van der Waals surface area contributed by atoms with E-state index < -0.39 is 0 Å². The summed E-state index contributed by atoms with van der Waals surface area (Å²) in [5.74, 6) is 1.61. The Balaban J connectivity index is 1.49. The number of likely N-dealkylation sites (tertiary alicyclic amines) is 1. The average Bonchev–Trinajstić information content (AvgIpc) is 3.19. The van der Waals surface area contributed by atoms with Gasteiger partial charge in [-0.05, 0) is 24.5 Å². The van der Waals surface area contributed by atoms with Crippen LogP contribution in [-0.2, 0) is 6.54 Å². The topological polar surface area (TPSA) is 54.4 Å². The second kappa shape index (κ2) is 6.12. The van der Waals surface area contributed by atoms with Crippen LogP contribution in [0.25, 0.3) is 0 Å². The van der Waals surface area contributed by atoms with Gasteiger partial charge >= 0.3 is 0 Å². The third-order valence-corrected chi connectivity index (χ3v) is 4.93. The van der Waals surface area contributed by atoms with Crippen LogP contribution in [0.5, 0.6) is 5.88 Å². The molecule has 0 bridgehead atoms. The Morgan fingerprint density at radius 3 is 2.96 bits per heavy atom. The van der Waals surface area contributed by atoms with E-state index in [0.29, 0.717) is 18.0 Å². The molecular weight excluding hydrogens is 290 g/mol. The van der Waals surface area contributed by atoms with E-state index in [1.54, 1.807) is 13.4 Å². The lowest BCUT2D eigenvalue weighted by atomic mass is 10.1. The summed E-state index contributed by atoms with van der Waals surface area (Å²) < 4.78 is 5.23. The molecule has 0 aliphatic carbocycles. The third kappa shape index (κ3) is 2.74. The Labute approximate surface area is 136 Å². The molecule has 2 saturated heterocycles. The summed E-state index contributed by atoms with van der Waals surface area (Å²) in [5, 5.41) is 0. The van der Waals surface area contributed by atoms with Gasteiger partial charge in [-0.3, -0.25) is 9.88 Å². The van der Waals surface area contributed by atoms with E-state index in [1.807, 2.05) is 24.5 Å². The van der Waals surface area contributed by atoms with E-state index in [9.17, 15) is 0 Å². The van der Waals surface area contributed by atoms with Gasteiger partial charge in [-0.25, -0.2) is 9.97 Å². The van der Waals surface area contributed by atoms with Crippen molar-refractivity contribution in [3.8, 4) is 5.88 Å². The smallest absolute Gasteiger partial charge is 0.218 e. The van der Waals surface area contributed by atoms with Crippen LogP contribution < -0.4 is 9.64 Å². The highest BCUT2D eigenvalue weighted by Crippen LogP contribution is 2.35. The van der Waals surface area contributed by atoms with Crippen LogP contribution in [0.15, 0.2) is 36.9 Å². The summed E-state index contributed by atoms with van der Waals surface area (Å²) >= 11 is 0. The van der Waals surface area contributed by atoms with Gasteiger partial charge in [0.15, 0.2) is 0 Å². The normalized spacial score (nSPS) is 24.0. The Bertz CT molecular complexity index is 665. The number of hydrogen-bond acceptors (Lipinski definition) is 6. The van der Waals surface area contributed by atoms with Crippen LogP contribution in [0, 0.1) is 0 Å². The number of nitrogens with zero attached hydrogens (tertiary/aromatic N) is 5. The number of pyridine rings is 1. The predicted octanol–water partition coefficient (Wildman–Crippen LogP) is 1.73. The van der Waals surface area contributed by atoms with Crippen LogP contribution in [0.4, 0.5) is 5.82 Å². The maximum Gasteiger partial charge on any atom is 0.218 e. The van der Waals surface area contributed by atoms with Crippen LogP contribution in [-0.4, -0.2) is 52.1 Å². The Morgan fingerprint density at radius 2 is 2.13 bits per heavy atom. The molecule has 4 rings (SSSR count). The summed E-state index contributed by atoms with van der Waals surface area (Å²) in [5.41, 5.74) is 1.29. The number of aromatic nitrogens is 3. The predicted molar refractivity (Wildman–Crippen MR) is 87.4 cm³/mol. The Kier molecular flexibility index (Phi) is 3.83. The van der Waals surface area contributed by atoms with Crippen LogP contribution >= 0.6 is 0 Å². The van der Waals surface area contributed by atoms with E-state index in [0.717, 1.165) is 25.5 Å². The second-order valence-corrected chi connectivity index (χ2v) is 6.16. The zero-order valence-corrected chi connectivity index (χ0v) is 13.3. The first-order chi connectivity index (χ1) is 11.3. The molecule has 0 saturated carbocycles. The molecule has 23 heavy (non-hydrogen) atoms. The number of ether oxygens (including phenoxy) is 1. The molecule has 2 aliphatic heterocycles. The molecule has 0 N–H and O–H groups in total. The van der Waals surface area contributed by atoms with Crippen LogP contribution in [0.3, 0.4) is 0 Å². The lowest BCUT2D eigenvalue weighted by Gasteiger charge is -2.26. The highest BCUT2D eigenvalue weighted by Gasteiger charge is 2.42. The van der Waals surface area contributed by atoms with Gasteiger partial charge in [-0.2, -0.15) is 0 Å². The van der Waals surface area contributed by atoms with Gasteiger partial charge in [-0.15, -0.1) is 0 Å². The van der Waals surface area contributed by atoms with E-state index in [2.05, 4.69) is 30.8 Å². The van der Waals surface area contributed by atoms with Crippen LogP contribution in [0.2, 0.25) is 0 Å². The molecule has 0 spiro atoms. The molecule has 6 nitrogen and oxygen atoms in total. The standard InChI is InChI=1S/C17H21N5O/c1-23-17-9-16(19-12-20-17)22-8-5-14-15(22)4-7-21(14)11-13-3-2-6-18-10-13/h2-3,6,9-10,12,14-15H,4-5,7-8,11H2,1H3/t14-,15+/m0/s1. The fourth-order valence-electron chi connectivity index (χ4n) is 3.88. The van der Waals surface area contributed by atoms with Crippen molar-refractivity contribution in [1.82, 2.24) is 19.9 Å². The first kappa shape index (κ1) is 14.4. The first-order valence-electron chi connectivity index (χ1n) is 8.11. The minimum atomic E-state index is 0.534. The monoisotopic (exact) mass is 311 g/mol. The van der Waals surface area contributed by atoms with Crippen molar-refractivity contribution in [3.63, 3.8) is 0 Å². The molecule has 2 aromatic heterocycles. The third-order valence-electron chi connectivity index (χ3n) is 4.93. The highest BCUT2D eigenvalue weighted by molar-refractivity contribution is 5.44. The van der Waals surface area contributed by atoms with Crippen molar-refractivity contribution in [1.29, 1.82) is 0 Å². The van der Waals surface area contributed by atoms with Gasteiger partial charge in [0, 0.05) is 50.2 Å². The van der Waals surface area contributed by atoms with Crippen molar-refractivity contribution in [2.45, 2.75) is 31.5 Å². The van der Waals surface area contributed by atoms with E-state index >= 15 is 0 Å². The van der Waals surface area contributed by atoms with Gasteiger partial charge in [0.1, 0.15) is 12.1 Å². The maximum atomic E-state index is 5.23. The minimum Gasteiger partial charge on any atom is -0.481 e. The molecule has 0 unspecified atom stereocenters. The molecule has 0 aromatic carbocycles. The fraction of sp³-hybridized carbons (Fsp3) is 0.471.